The molecule has 2 aromatic carbocycles. The monoisotopic (exact) mass is 392 g/mol. The molecule has 0 aliphatic rings. The first-order valence-electron chi connectivity index (χ1n) is 10.3. The first-order valence-corrected chi connectivity index (χ1v) is 10.3. The molecule has 2 heterocycles. The van der Waals surface area contributed by atoms with Crippen molar-refractivity contribution in [1.29, 1.82) is 0 Å². The average molecular weight is 393 g/mol. The van der Waals surface area contributed by atoms with Gasteiger partial charge in [-0.05, 0) is 49.3 Å². The van der Waals surface area contributed by atoms with Crippen LogP contribution in [0.15, 0.2) is 61.2 Å². The number of hydrogen-bond acceptors (Lipinski definition) is 0. The molecule has 0 bridgehead atoms. The van der Waals surface area contributed by atoms with Gasteiger partial charge in [-0.25, -0.2) is 0 Å². The summed E-state index contributed by atoms with van der Waals surface area (Å²) < 4.78 is 4.44. The predicted octanol–water partition coefficient (Wildman–Crippen LogP) is 5.64. The van der Waals surface area contributed by atoms with Gasteiger partial charge in [-0.1, -0.05) is 61.7 Å². The molecule has 150 valence electrons. The predicted molar refractivity (Wildman–Crippen MR) is 134 cm³/mol. The van der Waals surface area contributed by atoms with Gasteiger partial charge in [0.15, 0.2) is 0 Å². The van der Waals surface area contributed by atoms with Gasteiger partial charge in [0.1, 0.15) is 0 Å². The van der Waals surface area contributed by atoms with Gasteiger partial charge < -0.3 is 9.13 Å². The van der Waals surface area contributed by atoms with Gasteiger partial charge in [0.05, 0.1) is 0 Å². The maximum absolute atomic E-state index is 4.36. The van der Waals surface area contributed by atoms with Crippen molar-refractivity contribution < 1.29 is 0 Å². The topological polar surface area (TPSA) is 9.86 Å². The fraction of sp³-hybridized carbons (Fsp3) is 0.143. The zero-order valence-electron chi connectivity index (χ0n) is 18.2. The Morgan fingerprint density at radius 1 is 0.933 bits per heavy atom. The Bertz CT molecular complexity index is 1450. The fourth-order valence-corrected chi connectivity index (χ4v) is 4.41. The number of fused-ring (bicyclic) bond motifs is 3. The first-order chi connectivity index (χ1) is 14.5. The zero-order chi connectivity index (χ0) is 21.4. The zero-order valence-corrected chi connectivity index (χ0v) is 18.2. The Hall–Kier alpha value is -3.52. The van der Waals surface area contributed by atoms with E-state index >= 15 is 0 Å². The van der Waals surface area contributed by atoms with Crippen LogP contribution >= 0.6 is 0 Å². The molecular weight excluding hydrogens is 364 g/mol. The van der Waals surface area contributed by atoms with Crippen LogP contribution in [-0.4, -0.2) is 9.13 Å². The maximum Gasteiger partial charge on any atom is 0.0494 e. The van der Waals surface area contributed by atoms with Crippen LogP contribution in [0.5, 0.6) is 0 Å². The molecular formula is C28H28N2. The maximum atomic E-state index is 4.36. The van der Waals surface area contributed by atoms with Crippen LogP contribution in [0.2, 0.25) is 0 Å². The number of hydrogen-bond donors (Lipinski definition) is 0. The molecule has 0 N–H and O–H groups in total. The lowest BCUT2D eigenvalue weighted by molar-refractivity contribution is 0.878. The number of aromatic nitrogens is 2. The van der Waals surface area contributed by atoms with E-state index in [4.69, 9.17) is 0 Å². The summed E-state index contributed by atoms with van der Waals surface area (Å²) in [6.07, 6.45) is 10.4. The SMILES string of the molecule is C=Cc1c(/C=C\C)c(=C)/c(=C\C(=C/C)c2ccc3c4ccccc4n(C)c3c2)n1C. The highest BCUT2D eigenvalue weighted by Gasteiger charge is 2.11. The summed E-state index contributed by atoms with van der Waals surface area (Å²) in [5.74, 6) is 0. The molecule has 0 radical (unpaired) electrons. The number of allylic oxidation sites excluding steroid dienone is 3. The van der Waals surface area contributed by atoms with Crippen LogP contribution in [0.3, 0.4) is 0 Å². The highest BCUT2D eigenvalue weighted by Crippen LogP contribution is 2.30. The van der Waals surface area contributed by atoms with Gasteiger partial charge in [-0.2, -0.15) is 0 Å². The van der Waals surface area contributed by atoms with E-state index in [0.29, 0.717) is 0 Å². The smallest absolute Gasteiger partial charge is 0.0494 e. The van der Waals surface area contributed by atoms with E-state index in [0.717, 1.165) is 21.8 Å². The molecule has 0 fully saturated rings. The van der Waals surface area contributed by atoms with Gasteiger partial charge in [0.2, 0.25) is 0 Å². The van der Waals surface area contributed by atoms with Crippen LogP contribution in [0, 0.1) is 0 Å². The van der Waals surface area contributed by atoms with Gasteiger partial charge in [0, 0.05) is 57.7 Å². The van der Waals surface area contributed by atoms with Crippen LogP contribution in [0.4, 0.5) is 0 Å². The molecule has 0 spiro atoms. The molecule has 2 aromatic heterocycles. The fourth-order valence-electron chi connectivity index (χ4n) is 4.41. The number of nitrogens with zero attached hydrogens (tertiary/aromatic N) is 2. The Morgan fingerprint density at radius 2 is 1.67 bits per heavy atom. The lowest BCUT2D eigenvalue weighted by Gasteiger charge is -2.05. The molecule has 4 rings (SSSR count). The third-order valence-corrected chi connectivity index (χ3v) is 6.01. The molecule has 0 saturated carbocycles. The second kappa shape index (κ2) is 7.72. The highest BCUT2D eigenvalue weighted by atomic mass is 14.9. The van der Waals surface area contributed by atoms with E-state index in [9.17, 15) is 0 Å². The lowest BCUT2D eigenvalue weighted by Crippen LogP contribution is -2.27. The Labute approximate surface area is 178 Å². The van der Waals surface area contributed by atoms with Gasteiger partial charge in [-0.15, -0.1) is 0 Å². The number of benzene rings is 2. The summed E-state index contributed by atoms with van der Waals surface area (Å²) >= 11 is 0. The van der Waals surface area contributed by atoms with Crippen LogP contribution in [-0.2, 0) is 14.1 Å². The third kappa shape index (κ3) is 2.96. The van der Waals surface area contributed by atoms with Gasteiger partial charge in [-0.3, -0.25) is 0 Å². The molecule has 0 amide bonds. The number of aryl methyl sites for hydroxylation is 1. The second-order valence-corrected chi connectivity index (χ2v) is 7.62. The van der Waals surface area contributed by atoms with Crippen LogP contribution in [0.25, 0.3) is 52.2 Å². The summed E-state index contributed by atoms with van der Waals surface area (Å²) in [5.41, 5.74) is 7.08. The van der Waals surface area contributed by atoms with E-state index in [-0.39, 0.29) is 0 Å². The highest BCUT2D eigenvalue weighted by molar-refractivity contribution is 6.09. The quantitative estimate of drug-likeness (QED) is 0.425. The van der Waals surface area contributed by atoms with Crippen molar-refractivity contribution in [2.24, 2.45) is 14.1 Å². The van der Waals surface area contributed by atoms with Crippen molar-refractivity contribution in [2.75, 3.05) is 0 Å². The Morgan fingerprint density at radius 3 is 2.37 bits per heavy atom. The van der Waals surface area contributed by atoms with E-state index in [2.05, 4.69) is 104 Å². The Balaban J connectivity index is 1.94. The summed E-state index contributed by atoms with van der Waals surface area (Å²) in [6, 6.07) is 15.3. The molecule has 0 unspecified atom stereocenters. The molecule has 2 nitrogen and oxygen atoms in total. The standard InChI is InChI=1S/C28H28N2/c1-7-12-22-19(4)27(29(5)25(22)9-3)17-20(8-2)21-15-16-24-23-13-10-11-14-26(23)30(6)28(24)18-21/h7-18H,3-4H2,1-2,5-6H3/b12-7-,20-8+,27-17+. The normalized spacial score (nSPS) is 13.2. The Kier molecular flexibility index (Phi) is 5.09. The van der Waals surface area contributed by atoms with Crippen molar-refractivity contribution in [3.63, 3.8) is 0 Å². The second-order valence-electron chi connectivity index (χ2n) is 7.62. The molecule has 2 heteroatoms. The van der Waals surface area contributed by atoms with Crippen molar-refractivity contribution in [2.45, 2.75) is 13.8 Å². The number of rotatable bonds is 4. The summed E-state index contributed by atoms with van der Waals surface area (Å²) in [7, 11) is 4.21. The summed E-state index contributed by atoms with van der Waals surface area (Å²) in [5, 5.41) is 4.70. The third-order valence-electron chi connectivity index (χ3n) is 6.01. The molecule has 30 heavy (non-hydrogen) atoms. The van der Waals surface area contributed by atoms with E-state index in [1.807, 2.05) is 19.1 Å². The molecule has 0 aliphatic heterocycles. The lowest BCUT2D eigenvalue weighted by atomic mass is 10.0. The van der Waals surface area contributed by atoms with Crippen molar-refractivity contribution in [3.05, 3.63) is 88.6 Å². The number of para-hydroxylation sites is 1. The summed E-state index contributed by atoms with van der Waals surface area (Å²) in [4.78, 5) is 0. The molecule has 0 atom stereocenters. The van der Waals surface area contributed by atoms with E-state index in [1.165, 1.54) is 32.9 Å². The van der Waals surface area contributed by atoms with Crippen molar-refractivity contribution in [3.8, 4) is 0 Å². The minimum Gasteiger partial charge on any atom is -0.344 e. The van der Waals surface area contributed by atoms with Gasteiger partial charge >= 0.3 is 0 Å². The largest absolute Gasteiger partial charge is 0.344 e. The minimum atomic E-state index is 1.02. The van der Waals surface area contributed by atoms with Gasteiger partial charge in [0.25, 0.3) is 0 Å². The minimum absolute atomic E-state index is 1.02. The van der Waals surface area contributed by atoms with Crippen LogP contribution < -0.4 is 10.6 Å². The van der Waals surface area contributed by atoms with E-state index in [1.54, 1.807) is 0 Å². The average Bonchev–Trinajstić information content (AvgIpc) is 3.17. The molecule has 0 saturated heterocycles. The van der Waals surface area contributed by atoms with Crippen molar-refractivity contribution >= 4 is 52.2 Å². The van der Waals surface area contributed by atoms with Crippen molar-refractivity contribution in [1.82, 2.24) is 9.13 Å². The summed E-state index contributed by atoms with van der Waals surface area (Å²) in [6.45, 7) is 12.5. The molecule has 0 aliphatic carbocycles. The molecule has 4 aromatic rings. The van der Waals surface area contributed by atoms with Crippen LogP contribution in [0.1, 0.15) is 30.7 Å². The first kappa shape index (κ1) is 19.8. The van der Waals surface area contributed by atoms with E-state index < -0.39 is 0 Å².